The van der Waals surface area contributed by atoms with Crippen LogP contribution < -0.4 is 58.3 Å². The van der Waals surface area contributed by atoms with Gasteiger partial charge in [0.1, 0.15) is 34.7 Å². The van der Waals surface area contributed by atoms with Crippen molar-refractivity contribution in [2.75, 3.05) is 80.7 Å². The van der Waals surface area contributed by atoms with Gasteiger partial charge in [0.15, 0.2) is 0 Å². The molecule has 0 radical (unpaired) electrons. The highest BCUT2D eigenvalue weighted by Crippen LogP contribution is 2.44. The number of nitrogens with zero attached hydrogens (tertiary/aromatic N) is 6. The van der Waals surface area contributed by atoms with Crippen LogP contribution in [0.3, 0.4) is 0 Å². The Morgan fingerprint density at radius 3 is 1.10 bits per heavy atom. The number of aryl methyl sites for hydroxylation is 3. The highest BCUT2D eigenvalue weighted by Gasteiger charge is 2.64. The third-order valence-corrected chi connectivity index (χ3v) is 19.6. The van der Waals surface area contributed by atoms with E-state index < -0.39 is 39.5 Å². The van der Waals surface area contributed by atoms with E-state index in [4.69, 9.17) is 64.4 Å². The summed E-state index contributed by atoms with van der Waals surface area (Å²) in [6, 6.07) is 17.1. The fourth-order valence-corrected chi connectivity index (χ4v) is 11.1. The Morgan fingerprint density at radius 1 is 0.480 bits per heavy atom. The zero-order valence-corrected chi connectivity index (χ0v) is 66.7. The van der Waals surface area contributed by atoms with Gasteiger partial charge in [0.2, 0.25) is 17.8 Å². The van der Waals surface area contributed by atoms with E-state index in [0.29, 0.717) is 54.8 Å². The molecule has 0 atom stereocenters. The van der Waals surface area contributed by atoms with Gasteiger partial charge in [-0.1, -0.05) is 94.1 Å². The fraction of sp³-hybridized carbons (Fsp3) is 0.589. The van der Waals surface area contributed by atoms with Gasteiger partial charge in [-0.3, -0.25) is 0 Å². The van der Waals surface area contributed by atoms with E-state index >= 15 is 0 Å². The van der Waals surface area contributed by atoms with Crippen LogP contribution in [0.1, 0.15) is 207 Å². The maximum absolute atomic E-state index is 9.43. The van der Waals surface area contributed by atoms with E-state index in [1.54, 1.807) is 39.5 Å². The molecular formula is C73H117B4BrN12O12. The second-order valence-electron chi connectivity index (χ2n) is 29.2. The molecule has 24 nitrogen and oxygen atoms in total. The summed E-state index contributed by atoms with van der Waals surface area (Å²) in [7, 11) is 2.03. The molecule has 0 bridgehead atoms. The van der Waals surface area contributed by atoms with Crippen LogP contribution >= 0.6 is 15.9 Å². The number of nitrogens with one attached hydrogen (secondary N) is 3. The van der Waals surface area contributed by atoms with Crippen LogP contribution in [0.5, 0.6) is 17.2 Å². The molecule has 0 unspecified atom stereocenters. The van der Waals surface area contributed by atoms with Crippen LogP contribution in [0.25, 0.3) is 0 Å². The molecule has 102 heavy (non-hydrogen) atoms. The highest BCUT2D eigenvalue weighted by atomic mass is 79.9. The quantitative estimate of drug-likeness (QED) is 0.0190. The first-order valence-electron chi connectivity index (χ1n) is 35.5. The van der Waals surface area contributed by atoms with Crippen LogP contribution in [0.15, 0.2) is 59.1 Å². The monoisotopic (exact) mass is 1480 g/mol. The van der Waals surface area contributed by atoms with E-state index in [-0.39, 0.29) is 34.3 Å². The standard InChI is InChI=1S/C23H35BN4O3.C17H25BN4O3.C17H23BrN4O.C12H24B2O4.C4H10O/c1-8-9-12-26-20-18(15(2)27-21(25)28-20)14-16-13-17(10-11-19(16)29-7)24-30-22(3,4)23(5,6)31-24;1-4-5-8-20-16-14(11(2)21-17(19)22-16)10-12-9-13(18(23)24)6-7-15(12)25-3;1-4-5-8-20-16-14(11(2)21-17(19)22-16)10-12-9-13(18)6-7-15(12)23-3;1-9(2)10(3,4)16-13(15-9)14-17-11(5,6)12(7,8)18-14;1-4(2)3-5/h10-11,13H,8-9,12,14H2,1-7H3,(H3,25,26,27,28);6-7,9,23-24H,4-5,8,10H2,1-3H3,(H3,19,20,21,22);6-7,9H,4-5,8,10H2,1-3H3,(H3,19,20,21,22);1-8H3;4-5H,3H2,1-2H3. The van der Waals surface area contributed by atoms with Crippen molar-refractivity contribution < 1.29 is 57.3 Å². The van der Waals surface area contributed by atoms with E-state index in [1.165, 1.54) is 0 Å². The summed E-state index contributed by atoms with van der Waals surface area (Å²) in [6.07, 6.45) is 8.26. The predicted octanol–water partition coefficient (Wildman–Crippen LogP) is 11.2. The maximum atomic E-state index is 9.43. The lowest BCUT2D eigenvalue weighted by Crippen LogP contribution is -2.41. The molecule has 3 aliphatic rings. The number of hydrogen-bond acceptors (Lipinski definition) is 24. The number of benzene rings is 3. The molecule has 12 N–H and O–H groups in total. The van der Waals surface area contributed by atoms with Crippen LogP contribution in [0, 0.1) is 26.7 Å². The number of nitrogens with two attached hydrogens (primary N) is 3. The second-order valence-corrected chi connectivity index (χ2v) is 30.2. The number of unbranched alkanes of at least 4 members (excludes halogenated alkanes) is 3. The molecule has 3 fully saturated rings. The number of rotatable bonds is 25. The largest absolute Gasteiger partial charge is 0.496 e. The maximum Gasteiger partial charge on any atom is 0.494 e. The van der Waals surface area contributed by atoms with Crippen LogP contribution in [0.2, 0.25) is 0 Å². The molecule has 3 saturated heterocycles. The molecule has 29 heteroatoms. The minimum atomic E-state index is -1.53. The van der Waals surface area contributed by atoms with Crippen molar-refractivity contribution >= 4 is 90.4 Å². The van der Waals surface area contributed by atoms with Gasteiger partial charge in [-0.15, -0.1) is 0 Å². The number of aromatic nitrogens is 6. The van der Waals surface area contributed by atoms with Crippen LogP contribution in [-0.2, 0) is 47.2 Å². The van der Waals surface area contributed by atoms with Crippen LogP contribution in [0.4, 0.5) is 35.3 Å². The van der Waals surface area contributed by atoms with Gasteiger partial charge in [-0.05, 0) is 187 Å². The summed E-state index contributed by atoms with van der Waals surface area (Å²) in [4.78, 5) is 26.1. The lowest BCUT2D eigenvalue weighted by molar-refractivity contribution is 0.00578. The summed E-state index contributed by atoms with van der Waals surface area (Å²) in [5, 5.41) is 37.1. The number of hydrogen-bond donors (Lipinski definition) is 9. The van der Waals surface area contributed by atoms with Crippen LogP contribution in [-0.4, -0.2) is 154 Å². The number of nitrogen functional groups attached to an aromatic ring is 3. The van der Waals surface area contributed by atoms with Gasteiger partial charge in [0, 0.05) is 83.7 Å². The first-order valence-corrected chi connectivity index (χ1v) is 36.3. The summed E-state index contributed by atoms with van der Waals surface area (Å²) in [5.74, 6) is 5.86. The van der Waals surface area contributed by atoms with Crippen molar-refractivity contribution in [3.8, 4) is 17.2 Å². The van der Waals surface area contributed by atoms with Crippen molar-refractivity contribution in [2.24, 2.45) is 5.92 Å². The lowest BCUT2D eigenvalue weighted by Gasteiger charge is -2.32. The zero-order valence-electron chi connectivity index (χ0n) is 65.1. The Labute approximate surface area is 617 Å². The van der Waals surface area contributed by atoms with E-state index in [9.17, 15) is 10.0 Å². The molecule has 3 aromatic carbocycles. The van der Waals surface area contributed by atoms with Gasteiger partial charge in [0.05, 0.1) is 54.9 Å². The number of halogens is 1. The smallest absolute Gasteiger partial charge is 0.494 e. The molecule has 3 aliphatic heterocycles. The van der Waals surface area contributed by atoms with Crippen molar-refractivity contribution in [2.45, 2.75) is 230 Å². The molecule has 0 amide bonds. The molecular weight excluding hydrogens is 1360 g/mol. The first kappa shape index (κ1) is 86.1. The van der Waals surface area contributed by atoms with Gasteiger partial charge >= 0.3 is 28.3 Å². The van der Waals surface area contributed by atoms with Gasteiger partial charge in [-0.25, -0.2) is 15.0 Å². The van der Waals surface area contributed by atoms with Gasteiger partial charge < -0.3 is 90.4 Å². The Morgan fingerprint density at radius 2 is 0.784 bits per heavy atom. The third kappa shape index (κ3) is 23.5. The molecule has 0 spiro atoms. The van der Waals surface area contributed by atoms with Gasteiger partial charge in [0.25, 0.3) is 0 Å². The summed E-state index contributed by atoms with van der Waals surface area (Å²) in [6.45, 7) is 43.4. The van der Waals surface area contributed by atoms with Gasteiger partial charge in [-0.2, -0.15) is 15.0 Å². The number of aliphatic hydroxyl groups is 1. The lowest BCUT2D eigenvalue weighted by atomic mass is 9.49. The second kappa shape index (κ2) is 38.0. The van der Waals surface area contributed by atoms with Crippen molar-refractivity contribution in [3.63, 3.8) is 0 Å². The minimum Gasteiger partial charge on any atom is -0.496 e. The summed E-state index contributed by atoms with van der Waals surface area (Å²) < 4.78 is 53.9. The molecule has 560 valence electrons. The molecule has 6 aromatic rings. The average molecular weight is 1480 g/mol. The number of ether oxygens (including phenoxy) is 3. The van der Waals surface area contributed by atoms with Crippen molar-refractivity contribution in [1.82, 2.24) is 29.9 Å². The third-order valence-electron chi connectivity index (χ3n) is 19.1. The van der Waals surface area contributed by atoms with E-state index in [0.717, 1.165) is 142 Å². The number of methoxy groups -OCH3 is 3. The van der Waals surface area contributed by atoms with E-state index in [2.05, 4.69) is 122 Å². The highest BCUT2D eigenvalue weighted by molar-refractivity contribution is 9.10. The van der Waals surface area contributed by atoms with Crippen molar-refractivity contribution in [1.29, 1.82) is 0 Å². The first-order chi connectivity index (χ1) is 47.7. The Balaban J connectivity index is 0.000000243. The normalized spacial score (nSPS) is 16.3. The average Bonchev–Trinajstić information content (AvgIpc) is 1.60. The summed E-state index contributed by atoms with van der Waals surface area (Å²) >= 11 is 3.52. The van der Waals surface area contributed by atoms with Crippen molar-refractivity contribution in [3.05, 3.63) is 110 Å². The zero-order chi connectivity index (χ0) is 76.3. The topological polar surface area (TPSA) is 335 Å². The SMILES string of the molecule is CC(C)CO.CC1(C)OB(B2OC(C)(C)C(C)(C)O2)OC1(C)C.CCCCNc1nc(N)nc(C)c1Cc1cc(B(O)O)ccc1OC.CCCCNc1nc(N)nc(C)c1Cc1cc(B2OC(C)(C)C(C)(C)O2)ccc1OC.CCCCNc1nc(N)nc(C)c1Cc1cc(Br)ccc1OC. The fourth-order valence-electron chi connectivity index (χ4n) is 10.7. The van der Waals surface area contributed by atoms with E-state index in [1.807, 2.05) is 114 Å². The molecule has 0 saturated carbocycles. The Bertz CT molecular complexity index is 3590. The molecule has 3 aromatic heterocycles. The molecule has 0 aliphatic carbocycles. The number of aliphatic hydroxyl groups excluding tert-OH is 1. The summed E-state index contributed by atoms with van der Waals surface area (Å²) in [5.41, 5.74) is 25.1. The molecule has 6 heterocycles. The predicted molar refractivity (Wildman–Crippen MR) is 418 cm³/mol. The number of anilines is 6. The minimum absolute atomic E-state index is 0.228. The Kier molecular flexibility index (Phi) is 32.1. The Hall–Kier alpha value is -6.52. The molecule has 9 rings (SSSR count).